The molecule has 2 aromatic carbocycles. The zero-order chi connectivity index (χ0) is 20.1. The Morgan fingerprint density at radius 3 is 2.48 bits per heavy atom. The quantitative estimate of drug-likeness (QED) is 0.451. The molecule has 0 aliphatic rings. The van der Waals surface area contributed by atoms with Crippen molar-refractivity contribution in [1.82, 2.24) is 9.97 Å². The van der Waals surface area contributed by atoms with Crippen LogP contribution in [0, 0.1) is 0 Å². The molecule has 146 valence electrons. The molecule has 4 aromatic rings. The van der Waals surface area contributed by atoms with Crippen LogP contribution in [0.15, 0.2) is 72.9 Å². The summed E-state index contributed by atoms with van der Waals surface area (Å²) >= 11 is 0. The summed E-state index contributed by atoms with van der Waals surface area (Å²) in [5.74, 6) is 1.69. The predicted molar refractivity (Wildman–Crippen MR) is 119 cm³/mol. The lowest BCUT2D eigenvalue weighted by Gasteiger charge is -2.13. The number of fused-ring (bicyclic) bond motifs is 1. The van der Waals surface area contributed by atoms with Gasteiger partial charge in [0.15, 0.2) is 0 Å². The molecule has 0 aliphatic carbocycles. The van der Waals surface area contributed by atoms with Gasteiger partial charge >= 0.3 is 0 Å². The summed E-state index contributed by atoms with van der Waals surface area (Å²) in [7, 11) is 1.66. The smallest absolute Gasteiger partial charge is 0.134 e. The molecular weight excluding hydrogens is 360 g/mol. The summed E-state index contributed by atoms with van der Waals surface area (Å²) in [5, 5.41) is 4.46. The van der Waals surface area contributed by atoms with Crippen molar-refractivity contribution in [3.8, 4) is 28.1 Å². The number of benzene rings is 2. The molecule has 0 amide bonds. The summed E-state index contributed by atoms with van der Waals surface area (Å²) in [5.41, 5.74) is 10.7. The minimum atomic E-state index is 0.646. The summed E-state index contributed by atoms with van der Waals surface area (Å²) in [6.45, 7) is 1.43. The zero-order valence-electron chi connectivity index (χ0n) is 16.4. The third-order valence-corrected chi connectivity index (χ3v) is 4.84. The number of aromatic nitrogens is 2. The van der Waals surface area contributed by atoms with Crippen LogP contribution in [-0.4, -0.2) is 30.2 Å². The van der Waals surface area contributed by atoms with Crippen molar-refractivity contribution >= 4 is 16.7 Å². The maximum absolute atomic E-state index is 5.66. The van der Waals surface area contributed by atoms with Gasteiger partial charge in [-0.05, 0) is 54.9 Å². The molecule has 0 unspecified atom stereocenters. The molecular formula is C24H24N4O. The number of hydrogen-bond acceptors (Lipinski definition) is 5. The largest absolute Gasteiger partial charge is 0.497 e. The number of nitrogens with one attached hydrogen (secondary N) is 1. The van der Waals surface area contributed by atoms with Crippen LogP contribution in [0.25, 0.3) is 33.3 Å². The minimum absolute atomic E-state index is 0.646. The lowest BCUT2D eigenvalue weighted by atomic mass is 10.0. The highest BCUT2D eigenvalue weighted by Gasteiger charge is 2.11. The van der Waals surface area contributed by atoms with Gasteiger partial charge in [-0.25, -0.2) is 4.98 Å². The van der Waals surface area contributed by atoms with E-state index in [9.17, 15) is 0 Å². The molecule has 0 bridgehead atoms. The third kappa shape index (κ3) is 4.20. The van der Waals surface area contributed by atoms with Gasteiger partial charge in [0.2, 0.25) is 0 Å². The molecule has 0 spiro atoms. The van der Waals surface area contributed by atoms with Crippen molar-refractivity contribution in [1.29, 1.82) is 0 Å². The van der Waals surface area contributed by atoms with E-state index in [1.807, 2.05) is 54.7 Å². The molecule has 2 aromatic heterocycles. The normalized spacial score (nSPS) is 10.8. The van der Waals surface area contributed by atoms with Gasteiger partial charge in [0.1, 0.15) is 11.6 Å². The van der Waals surface area contributed by atoms with Crippen molar-refractivity contribution in [2.75, 3.05) is 25.5 Å². The first-order valence-electron chi connectivity index (χ1n) is 9.73. The van der Waals surface area contributed by atoms with Gasteiger partial charge in [-0.1, -0.05) is 30.3 Å². The van der Waals surface area contributed by atoms with Crippen molar-refractivity contribution in [3.05, 3.63) is 72.9 Å². The summed E-state index contributed by atoms with van der Waals surface area (Å²) in [6.07, 6.45) is 2.78. The van der Waals surface area contributed by atoms with E-state index in [1.54, 1.807) is 7.11 Å². The van der Waals surface area contributed by atoms with Crippen molar-refractivity contribution in [2.24, 2.45) is 5.73 Å². The van der Waals surface area contributed by atoms with E-state index in [0.29, 0.717) is 6.54 Å². The molecule has 0 fully saturated rings. The monoisotopic (exact) mass is 384 g/mol. The van der Waals surface area contributed by atoms with Crippen LogP contribution in [0.1, 0.15) is 6.42 Å². The molecule has 5 nitrogen and oxygen atoms in total. The maximum Gasteiger partial charge on any atom is 0.134 e. The van der Waals surface area contributed by atoms with E-state index in [4.69, 9.17) is 15.5 Å². The molecule has 0 saturated carbocycles. The second-order valence-corrected chi connectivity index (χ2v) is 6.81. The molecule has 2 heterocycles. The van der Waals surface area contributed by atoms with Crippen molar-refractivity contribution in [2.45, 2.75) is 6.42 Å². The average Bonchev–Trinajstić information content (AvgIpc) is 2.79. The van der Waals surface area contributed by atoms with Crippen LogP contribution in [-0.2, 0) is 0 Å². The van der Waals surface area contributed by atoms with Gasteiger partial charge in [-0.15, -0.1) is 0 Å². The number of nitrogens with two attached hydrogens (primary N) is 1. The van der Waals surface area contributed by atoms with Crippen molar-refractivity contribution in [3.63, 3.8) is 0 Å². The molecule has 0 radical (unpaired) electrons. The van der Waals surface area contributed by atoms with Gasteiger partial charge < -0.3 is 15.8 Å². The number of pyridine rings is 2. The van der Waals surface area contributed by atoms with Crippen molar-refractivity contribution < 1.29 is 4.74 Å². The van der Waals surface area contributed by atoms with E-state index in [1.165, 1.54) is 0 Å². The van der Waals surface area contributed by atoms with E-state index in [2.05, 4.69) is 28.5 Å². The number of anilines is 1. The number of hydrogen-bond donors (Lipinski definition) is 2. The molecule has 29 heavy (non-hydrogen) atoms. The van der Waals surface area contributed by atoms with Crippen LogP contribution >= 0.6 is 0 Å². The van der Waals surface area contributed by atoms with E-state index >= 15 is 0 Å². The third-order valence-electron chi connectivity index (χ3n) is 4.84. The lowest BCUT2D eigenvalue weighted by Crippen LogP contribution is -2.10. The molecule has 0 atom stereocenters. The molecule has 0 aliphatic heterocycles. The van der Waals surface area contributed by atoms with Gasteiger partial charge in [0.25, 0.3) is 0 Å². The highest BCUT2D eigenvalue weighted by atomic mass is 16.5. The molecule has 5 heteroatoms. The van der Waals surface area contributed by atoms with Crippen LogP contribution in [0.3, 0.4) is 0 Å². The fraction of sp³-hybridized carbons (Fsp3) is 0.167. The first-order chi connectivity index (χ1) is 14.3. The highest BCUT2D eigenvalue weighted by Crippen LogP contribution is 2.31. The summed E-state index contributed by atoms with van der Waals surface area (Å²) in [4.78, 5) is 9.58. The fourth-order valence-electron chi connectivity index (χ4n) is 3.27. The Kier molecular flexibility index (Phi) is 5.68. The lowest BCUT2D eigenvalue weighted by molar-refractivity contribution is 0.415. The Labute approximate surface area is 170 Å². The van der Waals surface area contributed by atoms with E-state index < -0.39 is 0 Å². The maximum atomic E-state index is 5.66. The van der Waals surface area contributed by atoms with Crippen LogP contribution in [0.5, 0.6) is 5.75 Å². The van der Waals surface area contributed by atoms with E-state index in [-0.39, 0.29) is 0 Å². The topological polar surface area (TPSA) is 73.1 Å². The Hall–Kier alpha value is -3.44. The molecule has 0 saturated heterocycles. The Balaban J connectivity index is 1.77. The Bertz CT molecular complexity index is 1100. The van der Waals surface area contributed by atoms with Gasteiger partial charge in [0, 0.05) is 29.3 Å². The number of rotatable bonds is 7. The van der Waals surface area contributed by atoms with Gasteiger partial charge in [-0.2, -0.15) is 0 Å². The van der Waals surface area contributed by atoms with Crippen LogP contribution in [0.2, 0.25) is 0 Å². The number of nitrogens with zero attached hydrogens (tertiary/aromatic N) is 2. The average molecular weight is 384 g/mol. The van der Waals surface area contributed by atoms with Crippen LogP contribution in [0.4, 0.5) is 5.82 Å². The molecule has 4 rings (SSSR count). The number of methoxy groups -OCH3 is 1. The van der Waals surface area contributed by atoms with E-state index in [0.717, 1.165) is 57.8 Å². The van der Waals surface area contributed by atoms with Gasteiger partial charge in [0.05, 0.1) is 18.3 Å². The first-order valence-corrected chi connectivity index (χ1v) is 9.73. The van der Waals surface area contributed by atoms with Crippen LogP contribution < -0.4 is 15.8 Å². The SMILES string of the molecule is COc1ccc(-c2cc3nc(NCCCN)c(-c4ccccc4)cc3cn2)cc1. The second kappa shape index (κ2) is 8.71. The second-order valence-electron chi connectivity index (χ2n) is 6.81. The predicted octanol–water partition coefficient (Wildman–Crippen LogP) is 4.73. The fourth-order valence-corrected chi connectivity index (χ4v) is 3.27. The Morgan fingerprint density at radius 2 is 1.76 bits per heavy atom. The zero-order valence-corrected chi connectivity index (χ0v) is 16.4. The number of ether oxygens (including phenoxy) is 1. The Morgan fingerprint density at radius 1 is 0.966 bits per heavy atom. The van der Waals surface area contributed by atoms with Gasteiger partial charge in [-0.3, -0.25) is 4.98 Å². The summed E-state index contributed by atoms with van der Waals surface area (Å²) < 4.78 is 5.24. The minimum Gasteiger partial charge on any atom is -0.497 e. The highest BCUT2D eigenvalue weighted by molar-refractivity contribution is 5.90. The summed E-state index contributed by atoms with van der Waals surface area (Å²) in [6, 6.07) is 22.3. The molecule has 3 N–H and O–H groups in total. The standard InChI is InChI=1S/C24H24N4O/c1-29-20-10-8-18(9-11-20)22-15-23-19(16-27-22)14-21(17-6-3-2-4-7-17)24(28-23)26-13-5-12-25/h2-4,6-11,14-16H,5,12-13,25H2,1H3,(H,26,28). The first kappa shape index (κ1) is 18.9.